The van der Waals surface area contributed by atoms with Crippen molar-refractivity contribution in [3.05, 3.63) is 99.8 Å². The minimum Gasteiger partial charge on any atom is -0.352 e. The second-order valence-corrected chi connectivity index (χ2v) is 13.7. The van der Waals surface area contributed by atoms with Crippen molar-refractivity contribution < 1.29 is 22.4 Å². The van der Waals surface area contributed by atoms with Gasteiger partial charge in [0.1, 0.15) is 18.4 Å². The quantitative estimate of drug-likeness (QED) is 0.284. The molecule has 1 N–H and O–H groups in total. The third kappa shape index (κ3) is 8.64. The lowest BCUT2D eigenvalue weighted by molar-refractivity contribution is -0.140. The lowest BCUT2D eigenvalue weighted by Gasteiger charge is -2.35. The van der Waals surface area contributed by atoms with E-state index in [-0.39, 0.29) is 24.9 Å². The van der Waals surface area contributed by atoms with E-state index in [1.165, 1.54) is 17.0 Å². The van der Waals surface area contributed by atoms with Crippen LogP contribution in [0.4, 0.5) is 10.1 Å². The van der Waals surface area contributed by atoms with E-state index in [9.17, 15) is 22.4 Å². The number of hydrogen-bond acceptors (Lipinski definition) is 4. The Balaban J connectivity index is 1.72. The Morgan fingerprint density at radius 3 is 2.26 bits per heavy atom. The van der Waals surface area contributed by atoms with Crippen LogP contribution in [-0.4, -0.2) is 50.0 Å². The molecule has 10 heteroatoms. The molecule has 0 spiro atoms. The van der Waals surface area contributed by atoms with E-state index >= 15 is 0 Å². The molecule has 224 valence electrons. The first-order chi connectivity index (χ1) is 20.0. The van der Waals surface area contributed by atoms with Crippen LogP contribution in [0.5, 0.6) is 0 Å². The molecule has 0 heterocycles. The van der Waals surface area contributed by atoms with Crippen LogP contribution >= 0.6 is 15.9 Å². The summed E-state index contributed by atoms with van der Waals surface area (Å²) in [6, 6.07) is 19.3. The van der Waals surface area contributed by atoms with Crippen LogP contribution in [0.3, 0.4) is 0 Å². The third-order valence-electron chi connectivity index (χ3n) is 7.60. The van der Waals surface area contributed by atoms with E-state index < -0.39 is 34.3 Å². The molecule has 1 aliphatic rings. The van der Waals surface area contributed by atoms with Gasteiger partial charge in [0.05, 0.1) is 11.9 Å². The van der Waals surface area contributed by atoms with Gasteiger partial charge in [-0.3, -0.25) is 13.9 Å². The lowest BCUT2D eigenvalue weighted by atomic mass is 9.94. The second-order valence-electron chi connectivity index (χ2n) is 10.9. The van der Waals surface area contributed by atoms with Gasteiger partial charge in [0.25, 0.3) is 0 Å². The van der Waals surface area contributed by atoms with Crippen LogP contribution in [0.1, 0.15) is 48.8 Å². The molecular weight excluding hydrogens is 621 g/mol. The number of hydrogen-bond donors (Lipinski definition) is 1. The molecular formula is C32H37BrFN3O4S. The fourth-order valence-electron chi connectivity index (χ4n) is 5.28. The summed E-state index contributed by atoms with van der Waals surface area (Å²) in [6.45, 7) is 1.34. The van der Waals surface area contributed by atoms with Crippen LogP contribution in [0, 0.1) is 12.7 Å². The predicted octanol–water partition coefficient (Wildman–Crippen LogP) is 5.75. The molecule has 1 atom stereocenters. The van der Waals surface area contributed by atoms with E-state index in [0.29, 0.717) is 11.3 Å². The second kappa shape index (κ2) is 14.3. The Kier molecular flexibility index (Phi) is 10.8. The number of carbonyl (C=O) groups excluding carboxylic acids is 2. The lowest BCUT2D eigenvalue weighted by Crippen LogP contribution is -2.55. The first-order valence-corrected chi connectivity index (χ1v) is 16.8. The van der Waals surface area contributed by atoms with Gasteiger partial charge in [-0.15, -0.1) is 0 Å². The maximum Gasteiger partial charge on any atom is 0.244 e. The Labute approximate surface area is 256 Å². The van der Waals surface area contributed by atoms with Gasteiger partial charge in [-0.25, -0.2) is 12.8 Å². The van der Waals surface area contributed by atoms with Gasteiger partial charge in [0.2, 0.25) is 21.8 Å². The van der Waals surface area contributed by atoms with E-state index in [2.05, 4.69) is 21.2 Å². The number of carbonyl (C=O) groups is 2. The predicted molar refractivity (Wildman–Crippen MR) is 167 cm³/mol. The van der Waals surface area contributed by atoms with Crippen molar-refractivity contribution in [2.75, 3.05) is 17.1 Å². The fourth-order valence-corrected chi connectivity index (χ4v) is 6.37. The maximum atomic E-state index is 14.2. The highest BCUT2D eigenvalue weighted by atomic mass is 79.9. The minimum atomic E-state index is -3.86. The van der Waals surface area contributed by atoms with Crippen molar-refractivity contribution in [1.29, 1.82) is 0 Å². The molecule has 3 aromatic carbocycles. The number of benzene rings is 3. The Bertz CT molecular complexity index is 1480. The molecule has 0 saturated heterocycles. The number of anilines is 1. The molecule has 42 heavy (non-hydrogen) atoms. The summed E-state index contributed by atoms with van der Waals surface area (Å²) in [5.41, 5.74) is 2.64. The smallest absolute Gasteiger partial charge is 0.244 e. The molecule has 0 radical (unpaired) electrons. The molecule has 4 rings (SSSR count). The van der Waals surface area contributed by atoms with Crippen molar-refractivity contribution in [2.24, 2.45) is 0 Å². The summed E-state index contributed by atoms with van der Waals surface area (Å²) in [4.78, 5) is 29.6. The topological polar surface area (TPSA) is 86.8 Å². The SMILES string of the molecule is Cc1cc(N(CC(=O)N(Cc2ccc(F)cc2)[C@@H](Cc2ccccc2)C(=O)NC2CCCCC2)S(C)(=O)=O)ccc1Br. The van der Waals surface area contributed by atoms with Crippen molar-refractivity contribution in [2.45, 2.75) is 64.1 Å². The van der Waals surface area contributed by atoms with Crippen LogP contribution in [0.15, 0.2) is 77.3 Å². The van der Waals surface area contributed by atoms with Crippen molar-refractivity contribution >= 4 is 43.5 Å². The first-order valence-electron chi connectivity index (χ1n) is 14.1. The highest BCUT2D eigenvalue weighted by Gasteiger charge is 2.34. The summed E-state index contributed by atoms with van der Waals surface area (Å²) in [5, 5.41) is 3.17. The summed E-state index contributed by atoms with van der Waals surface area (Å²) in [6.07, 6.45) is 6.24. The molecule has 0 bridgehead atoms. The van der Waals surface area contributed by atoms with Crippen molar-refractivity contribution in [3.63, 3.8) is 0 Å². The Morgan fingerprint density at radius 1 is 0.976 bits per heavy atom. The van der Waals surface area contributed by atoms with E-state index in [1.54, 1.807) is 30.3 Å². The third-order valence-corrected chi connectivity index (χ3v) is 9.63. The number of halogens is 2. The standard InChI is InChI=1S/C32H37BrFN3O4S/c1-23-19-28(17-18-29(23)33)37(42(2,40)41)22-31(38)36(21-25-13-15-26(34)16-14-25)30(20-24-9-5-3-6-10-24)32(39)35-27-11-7-4-8-12-27/h3,5-6,9-10,13-19,27,30H,4,7-8,11-12,20-22H2,1-2H3,(H,35,39)/t30-/m0/s1. The van der Waals surface area contributed by atoms with Crippen molar-refractivity contribution in [1.82, 2.24) is 10.2 Å². The van der Waals surface area contributed by atoms with Crippen LogP contribution in [0.25, 0.3) is 0 Å². The summed E-state index contributed by atoms with van der Waals surface area (Å²) in [7, 11) is -3.86. The number of nitrogens with zero attached hydrogens (tertiary/aromatic N) is 2. The number of nitrogens with one attached hydrogen (secondary N) is 1. The van der Waals surface area contributed by atoms with E-state index in [4.69, 9.17) is 0 Å². The first kappa shape index (κ1) is 31.7. The van der Waals surface area contributed by atoms with Gasteiger partial charge in [0, 0.05) is 23.5 Å². The zero-order valence-electron chi connectivity index (χ0n) is 23.9. The zero-order chi connectivity index (χ0) is 30.3. The normalized spacial score (nSPS) is 14.7. The van der Waals surface area contributed by atoms with Crippen molar-refractivity contribution in [3.8, 4) is 0 Å². The summed E-state index contributed by atoms with van der Waals surface area (Å²) >= 11 is 3.44. The molecule has 7 nitrogen and oxygen atoms in total. The summed E-state index contributed by atoms with van der Waals surface area (Å²) in [5.74, 6) is -1.24. The van der Waals surface area contributed by atoms with Gasteiger partial charge in [-0.2, -0.15) is 0 Å². The molecule has 1 fully saturated rings. The number of rotatable bonds is 11. The highest BCUT2D eigenvalue weighted by molar-refractivity contribution is 9.10. The van der Waals surface area contributed by atoms with Gasteiger partial charge in [-0.1, -0.05) is 77.7 Å². The zero-order valence-corrected chi connectivity index (χ0v) is 26.3. The number of sulfonamides is 1. The molecule has 3 aromatic rings. The minimum absolute atomic E-state index is 0.00562. The van der Waals surface area contributed by atoms with E-state index in [0.717, 1.165) is 58.3 Å². The molecule has 1 aliphatic carbocycles. The van der Waals surface area contributed by atoms with Gasteiger partial charge in [-0.05, 0) is 66.8 Å². The molecule has 0 aliphatic heterocycles. The van der Waals surface area contributed by atoms with Crippen LogP contribution in [-0.2, 0) is 32.6 Å². The number of amides is 2. The molecule has 0 unspecified atom stereocenters. The summed E-state index contributed by atoms with van der Waals surface area (Å²) < 4.78 is 41.5. The van der Waals surface area contributed by atoms with Gasteiger partial charge < -0.3 is 10.2 Å². The largest absolute Gasteiger partial charge is 0.352 e. The molecule has 1 saturated carbocycles. The Morgan fingerprint density at radius 2 is 1.64 bits per heavy atom. The highest BCUT2D eigenvalue weighted by Crippen LogP contribution is 2.26. The molecule has 2 amide bonds. The average Bonchev–Trinajstić information content (AvgIpc) is 2.96. The monoisotopic (exact) mass is 657 g/mol. The average molecular weight is 659 g/mol. The maximum absolute atomic E-state index is 14.2. The van der Waals surface area contributed by atoms with E-state index in [1.807, 2.05) is 37.3 Å². The number of aryl methyl sites for hydroxylation is 1. The van der Waals surface area contributed by atoms with Crippen LogP contribution in [0.2, 0.25) is 0 Å². The van der Waals surface area contributed by atoms with Gasteiger partial charge >= 0.3 is 0 Å². The van der Waals surface area contributed by atoms with Crippen LogP contribution < -0.4 is 9.62 Å². The van der Waals surface area contributed by atoms with Gasteiger partial charge in [0.15, 0.2) is 0 Å². The Hall–Kier alpha value is -3.24. The molecule has 0 aromatic heterocycles. The fraction of sp³-hybridized carbons (Fsp3) is 0.375.